The fourth-order valence-corrected chi connectivity index (χ4v) is 0. The molecule has 0 rings (SSSR count). The molecule has 0 atom stereocenters. The van der Waals surface area contributed by atoms with E-state index in [1.807, 2.05) is 0 Å². The molecule has 0 radical (unpaired) electrons. The molecular weight excluding hydrogens is 349 g/mol. The Hall–Kier alpha value is 6.29. The Morgan fingerprint density at radius 3 is 0.500 bits per heavy atom. The summed E-state index contributed by atoms with van der Waals surface area (Å²) in [4.78, 5) is 0. The molecule has 0 aliphatic rings. The summed E-state index contributed by atoms with van der Waals surface area (Å²) in [5.41, 5.74) is 0. The van der Waals surface area contributed by atoms with Gasteiger partial charge in [-0.25, -0.2) is 0 Å². The standard InChI is InChI=1S/4K.2H2O4S/c;;;;2*1-5(2,3)4/h;;;;2*(H2,1,2,3,4)/q4*+1;;/p-4. The van der Waals surface area contributed by atoms with Crippen molar-refractivity contribution in [2.24, 2.45) is 0 Å². The Kier molecular flexibility index (Phi) is 50.9. The van der Waals surface area contributed by atoms with E-state index in [9.17, 15) is 0 Å². The van der Waals surface area contributed by atoms with Gasteiger partial charge in [0.05, 0.1) is 0 Å². The third-order valence-electron chi connectivity index (χ3n) is 0. The van der Waals surface area contributed by atoms with E-state index in [1.165, 1.54) is 0 Å². The van der Waals surface area contributed by atoms with Gasteiger partial charge in [0.15, 0.2) is 0 Å². The van der Waals surface area contributed by atoms with Crippen molar-refractivity contribution in [1.29, 1.82) is 0 Å². The molecule has 0 aliphatic heterocycles. The molecule has 14 heteroatoms. The Labute approximate surface area is 252 Å². The van der Waals surface area contributed by atoms with E-state index in [4.69, 9.17) is 35.0 Å². The maximum absolute atomic E-state index is 8.52. The Morgan fingerprint density at radius 1 is 0.500 bits per heavy atom. The van der Waals surface area contributed by atoms with Gasteiger partial charge in [0, 0.05) is 20.8 Å². The third-order valence-corrected chi connectivity index (χ3v) is 0. The van der Waals surface area contributed by atoms with Crippen molar-refractivity contribution in [3.8, 4) is 0 Å². The van der Waals surface area contributed by atoms with Crippen molar-refractivity contribution in [2.75, 3.05) is 0 Å². The van der Waals surface area contributed by atoms with Crippen LogP contribution < -0.4 is 206 Å². The molecule has 0 aromatic rings. The van der Waals surface area contributed by atoms with Crippen LogP contribution >= 0.6 is 0 Å². The van der Waals surface area contributed by atoms with Gasteiger partial charge in [0.2, 0.25) is 0 Å². The molecular formula is K4O8S2. The predicted molar refractivity (Wildman–Crippen MR) is 20.9 cm³/mol. The quantitative estimate of drug-likeness (QED) is 0.237. The summed E-state index contributed by atoms with van der Waals surface area (Å²) < 4.78 is 68.2. The minimum Gasteiger partial charge on any atom is -0.759 e. The van der Waals surface area contributed by atoms with Crippen LogP contribution in [0.4, 0.5) is 0 Å². The van der Waals surface area contributed by atoms with Gasteiger partial charge in [-0.05, 0) is 0 Å². The zero-order chi connectivity index (χ0) is 9.00. The molecule has 64 valence electrons. The summed E-state index contributed by atoms with van der Waals surface area (Å²) in [5, 5.41) is 0. The molecule has 0 amide bonds. The molecule has 0 aromatic carbocycles. The molecule has 0 spiro atoms. The first-order valence-corrected chi connectivity index (χ1v) is 4.00. The van der Waals surface area contributed by atoms with Crippen molar-refractivity contribution in [2.45, 2.75) is 0 Å². The topological polar surface area (TPSA) is 161 Å². The van der Waals surface area contributed by atoms with Crippen LogP contribution in [-0.4, -0.2) is 35.0 Å². The van der Waals surface area contributed by atoms with Crippen LogP contribution in [0.15, 0.2) is 0 Å². The van der Waals surface area contributed by atoms with Crippen LogP contribution in [0.5, 0.6) is 0 Å². The molecule has 14 heavy (non-hydrogen) atoms. The summed E-state index contributed by atoms with van der Waals surface area (Å²) in [6.45, 7) is 0. The summed E-state index contributed by atoms with van der Waals surface area (Å²) >= 11 is 0. The second kappa shape index (κ2) is 19.3. The van der Waals surface area contributed by atoms with Crippen molar-refractivity contribution in [1.82, 2.24) is 0 Å². The van der Waals surface area contributed by atoms with E-state index >= 15 is 0 Å². The Balaban J connectivity index is -0.0000000178. The van der Waals surface area contributed by atoms with Crippen molar-refractivity contribution >= 4 is 20.8 Å². The maximum Gasteiger partial charge on any atom is 1.00 e. The number of hydrogen-bond donors (Lipinski definition) is 0. The summed E-state index contributed by atoms with van der Waals surface area (Å²) in [6.07, 6.45) is 0. The van der Waals surface area contributed by atoms with Gasteiger partial charge in [-0.2, -0.15) is 0 Å². The first-order chi connectivity index (χ1) is 4.00. The van der Waals surface area contributed by atoms with Crippen molar-refractivity contribution in [3.05, 3.63) is 0 Å². The Bertz CT molecular complexity index is 216. The van der Waals surface area contributed by atoms with Gasteiger partial charge in [0.25, 0.3) is 0 Å². The van der Waals surface area contributed by atoms with Crippen LogP contribution in [0.2, 0.25) is 0 Å². The van der Waals surface area contributed by atoms with Crippen LogP contribution in [0.1, 0.15) is 0 Å². The molecule has 0 bridgehead atoms. The maximum atomic E-state index is 8.52. The summed E-state index contributed by atoms with van der Waals surface area (Å²) in [5.74, 6) is 0. The van der Waals surface area contributed by atoms with Crippen molar-refractivity contribution in [3.63, 3.8) is 0 Å². The van der Waals surface area contributed by atoms with E-state index in [2.05, 4.69) is 0 Å². The van der Waals surface area contributed by atoms with Crippen molar-refractivity contribution < 1.29 is 241 Å². The zero-order valence-electron chi connectivity index (χ0n) is 8.08. The second-order valence-corrected chi connectivity index (χ2v) is 2.45. The predicted octanol–water partition coefficient (Wildman–Crippen LogP) is -14.7. The van der Waals surface area contributed by atoms with Gasteiger partial charge in [-0.3, -0.25) is 16.8 Å². The number of rotatable bonds is 0. The normalized spacial score (nSPS) is 8.29. The van der Waals surface area contributed by atoms with Gasteiger partial charge < -0.3 is 18.2 Å². The largest absolute Gasteiger partial charge is 1.00 e. The van der Waals surface area contributed by atoms with Gasteiger partial charge in [-0.1, -0.05) is 0 Å². The molecule has 8 nitrogen and oxygen atoms in total. The van der Waals surface area contributed by atoms with Crippen LogP contribution in [0.25, 0.3) is 0 Å². The van der Waals surface area contributed by atoms with Crippen LogP contribution in [-0.2, 0) is 20.8 Å². The van der Waals surface area contributed by atoms with Gasteiger partial charge >= 0.3 is 206 Å². The smallest absolute Gasteiger partial charge is 0.759 e. The first kappa shape index (κ1) is 37.0. The summed E-state index contributed by atoms with van der Waals surface area (Å²) in [7, 11) is -10.3. The van der Waals surface area contributed by atoms with E-state index in [0.717, 1.165) is 0 Å². The monoisotopic (exact) mass is 348 g/mol. The minimum absolute atomic E-state index is 0. The molecule has 0 aromatic heterocycles. The van der Waals surface area contributed by atoms with Crippen LogP contribution in [0.3, 0.4) is 0 Å². The molecule has 0 N–H and O–H groups in total. The number of hydrogen-bond acceptors (Lipinski definition) is 8. The van der Waals surface area contributed by atoms with Gasteiger partial charge in [0.1, 0.15) is 0 Å². The average Bonchev–Trinajstić information content (AvgIpc) is 1.12. The molecule has 0 heterocycles. The Morgan fingerprint density at radius 2 is 0.500 bits per heavy atom. The van der Waals surface area contributed by atoms with E-state index < -0.39 is 20.8 Å². The molecule has 0 unspecified atom stereocenters. The summed E-state index contributed by atoms with van der Waals surface area (Å²) in [6, 6.07) is 0. The van der Waals surface area contributed by atoms with Crippen LogP contribution in [0, 0.1) is 0 Å². The van der Waals surface area contributed by atoms with E-state index in [0.29, 0.717) is 0 Å². The third kappa shape index (κ3) is 138. The van der Waals surface area contributed by atoms with Gasteiger partial charge in [-0.15, -0.1) is 0 Å². The molecule has 0 aliphatic carbocycles. The fraction of sp³-hybridized carbons (Fsp3) is 0. The minimum atomic E-state index is -5.17. The molecule has 0 fully saturated rings. The SMILES string of the molecule is O=S(=O)([O-])[O-].O=S(=O)([O-])[O-].[K+].[K+].[K+].[K+]. The first-order valence-electron chi connectivity index (χ1n) is 1.33. The average molecular weight is 349 g/mol. The second-order valence-electron chi connectivity index (χ2n) is 0.816. The molecule has 0 saturated carbocycles. The molecule has 0 saturated heterocycles. The van der Waals surface area contributed by atoms with E-state index in [-0.39, 0.29) is 206 Å². The van der Waals surface area contributed by atoms with E-state index in [1.54, 1.807) is 0 Å². The zero-order valence-corrected chi connectivity index (χ0v) is 22.2. The fourth-order valence-electron chi connectivity index (χ4n) is 0.